The van der Waals surface area contributed by atoms with Crippen molar-refractivity contribution in [1.82, 2.24) is 4.31 Å². The average Bonchev–Trinajstić information content (AvgIpc) is 2.85. The second-order valence-corrected chi connectivity index (χ2v) is 7.12. The number of sulfonamides is 1. The first-order chi connectivity index (χ1) is 10.1. The predicted octanol–water partition coefficient (Wildman–Crippen LogP) is 2.13. The van der Waals surface area contributed by atoms with Crippen LogP contribution in [-0.2, 0) is 20.6 Å². The lowest BCUT2D eigenvalue weighted by atomic mass is 9.96. The molecule has 0 spiro atoms. The third-order valence-electron chi connectivity index (χ3n) is 3.61. The Kier molecular flexibility index (Phi) is 6.06. The van der Waals surface area contributed by atoms with E-state index in [1.807, 2.05) is 0 Å². The number of carboxylic acids is 1. The van der Waals surface area contributed by atoms with Gasteiger partial charge in [0.15, 0.2) is 0 Å². The van der Waals surface area contributed by atoms with E-state index in [1.165, 1.54) is 0 Å². The highest BCUT2D eigenvalue weighted by Crippen LogP contribution is 2.39. The molecule has 1 aromatic carbocycles. The van der Waals surface area contributed by atoms with Crippen LogP contribution in [0.15, 0.2) is 30.3 Å². The Morgan fingerprint density at radius 1 is 1.22 bits per heavy atom. The first-order valence-electron chi connectivity index (χ1n) is 6.42. The minimum atomic E-state index is -4.75. The maximum Gasteiger partial charge on any atom is 0.393 e. The van der Waals surface area contributed by atoms with Crippen LogP contribution in [0.1, 0.15) is 5.56 Å². The lowest BCUT2D eigenvalue weighted by molar-refractivity contribution is -0.187. The summed E-state index contributed by atoms with van der Waals surface area (Å²) in [6.45, 7) is -1.51. The maximum absolute atomic E-state index is 12.9. The number of benzene rings is 1. The SMILES string of the molecule is Cl.O=C(O)[C@@H]1CN(S(=O)(=O)Cc2ccccc2)C[C@H]1C(F)(F)F. The van der Waals surface area contributed by atoms with Gasteiger partial charge in [0.05, 0.1) is 17.6 Å². The molecule has 0 aromatic heterocycles. The molecule has 0 bridgehead atoms. The van der Waals surface area contributed by atoms with E-state index in [2.05, 4.69) is 0 Å². The standard InChI is InChI=1S/C13H14F3NO4S.ClH/c14-13(15,16)11-7-17(6-10(11)12(18)19)22(20,21)8-9-4-2-1-3-5-9;/h1-5,10-11H,6-8H2,(H,18,19);1H/t10-,11-;/m1./s1. The van der Waals surface area contributed by atoms with Crippen molar-refractivity contribution in [2.24, 2.45) is 11.8 Å². The summed E-state index contributed by atoms with van der Waals surface area (Å²) in [6.07, 6.45) is -4.75. The van der Waals surface area contributed by atoms with Gasteiger partial charge in [-0.3, -0.25) is 4.79 Å². The summed E-state index contributed by atoms with van der Waals surface area (Å²) in [7, 11) is -4.00. The van der Waals surface area contributed by atoms with Gasteiger partial charge < -0.3 is 5.11 Å². The molecule has 1 aromatic rings. The Hall–Kier alpha value is -1.32. The number of rotatable bonds is 4. The van der Waals surface area contributed by atoms with Crippen molar-refractivity contribution >= 4 is 28.4 Å². The summed E-state index contributed by atoms with van der Waals surface area (Å²) in [5.41, 5.74) is 0.435. The molecule has 1 aliphatic rings. The van der Waals surface area contributed by atoms with E-state index in [0.29, 0.717) is 9.87 Å². The van der Waals surface area contributed by atoms with Gasteiger partial charge in [-0.05, 0) is 5.56 Å². The van der Waals surface area contributed by atoms with Crippen LogP contribution in [0.5, 0.6) is 0 Å². The van der Waals surface area contributed by atoms with E-state index in [-0.39, 0.29) is 12.4 Å². The highest BCUT2D eigenvalue weighted by atomic mass is 35.5. The Bertz CT molecular complexity index is 651. The van der Waals surface area contributed by atoms with Crippen molar-refractivity contribution in [2.75, 3.05) is 13.1 Å². The molecule has 130 valence electrons. The number of alkyl halides is 3. The Morgan fingerprint density at radius 2 is 1.78 bits per heavy atom. The molecule has 0 amide bonds. The van der Waals surface area contributed by atoms with Crippen LogP contribution in [-0.4, -0.2) is 43.1 Å². The van der Waals surface area contributed by atoms with Crippen molar-refractivity contribution in [2.45, 2.75) is 11.9 Å². The molecule has 1 saturated heterocycles. The van der Waals surface area contributed by atoms with Crippen LogP contribution in [0.2, 0.25) is 0 Å². The summed E-state index contributed by atoms with van der Waals surface area (Å²) in [5, 5.41) is 8.90. The van der Waals surface area contributed by atoms with Gasteiger partial charge in [-0.25, -0.2) is 12.7 Å². The summed E-state index contributed by atoms with van der Waals surface area (Å²) in [5.74, 6) is -6.05. The number of aliphatic carboxylic acids is 1. The smallest absolute Gasteiger partial charge is 0.393 e. The van der Waals surface area contributed by atoms with E-state index in [1.54, 1.807) is 30.3 Å². The van der Waals surface area contributed by atoms with Crippen LogP contribution in [0.25, 0.3) is 0 Å². The largest absolute Gasteiger partial charge is 0.481 e. The number of carboxylic acid groups (broad SMARTS) is 1. The second kappa shape index (κ2) is 7.06. The van der Waals surface area contributed by atoms with Crippen LogP contribution >= 0.6 is 12.4 Å². The molecule has 5 nitrogen and oxygen atoms in total. The number of hydrogen-bond acceptors (Lipinski definition) is 3. The fourth-order valence-electron chi connectivity index (χ4n) is 2.45. The first kappa shape index (κ1) is 19.7. The highest BCUT2D eigenvalue weighted by molar-refractivity contribution is 7.88. The molecule has 1 heterocycles. The van der Waals surface area contributed by atoms with E-state index in [0.717, 1.165) is 0 Å². The van der Waals surface area contributed by atoms with Crippen LogP contribution < -0.4 is 0 Å². The zero-order chi connectivity index (χ0) is 16.5. The molecule has 0 aliphatic carbocycles. The Balaban J connectivity index is 0.00000264. The minimum absolute atomic E-state index is 0. The normalized spacial score (nSPS) is 22.6. The van der Waals surface area contributed by atoms with E-state index in [9.17, 15) is 26.4 Å². The molecular formula is C13H15ClF3NO4S. The van der Waals surface area contributed by atoms with E-state index < -0.39 is 52.8 Å². The van der Waals surface area contributed by atoms with Gasteiger partial charge in [0.25, 0.3) is 0 Å². The lowest BCUT2D eigenvalue weighted by Crippen LogP contribution is -2.34. The number of hydrogen-bond donors (Lipinski definition) is 1. The minimum Gasteiger partial charge on any atom is -0.481 e. The summed E-state index contributed by atoms with van der Waals surface area (Å²) in [6, 6.07) is 8.01. The molecule has 1 fully saturated rings. The molecule has 0 saturated carbocycles. The lowest BCUT2D eigenvalue weighted by Gasteiger charge is -2.18. The third kappa shape index (κ3) is 4.58. The van der Waals surface area contributed by atoms with Crippen molar-refractivity contribution in [1.29, 1.82) is 0 Å². The summed E-state index contributed by atoms with van der Waals surface area (Å²) >= 11 is 0. The molecule has 0 unspecified atom stereocenters. The Labute approximate surface area is 137 Å². The number of halogens is 4. The highest BCUT2D eigenvalue weighted by Gasteiger charge is 2.54. The first-order valence-corrected chi connectivity index (χ1v) is 8.03. The Morgan fingerprint density at radius 3 is 2.22 bits per heavy atom. The van der Waals surface area contributed by atoms with Gasteiger partial charge >= 0.3 is 12.1 Å². The van der Waals surface area contributed by atoms with Gasteiger partial charge in [-0.15, -0.1) is 12.4 Å². The van der Waals surface area contributed by atoms with Gasteiger partial charge in [0.2, 0.25) is 10.0 Å². The fourth-order valence-corrected chi connectivity index (χ4v) is 4.02. The zero-order valence-electron chi connectivity index (χ0n) is 11.7. The molecular weight excluding hydrogens is 359 g/mol. The van der Waals surface area contributed by atoms with E-state index >= 15 is 0 Å². The van der Waals surface area contributed by atoms with Crippen molar-refractivity contribution in [3.8, 4) is 0 Å². The third-order valence-corrected chi connectivity index (χ3v) is 5.39. The molecule has 10 heteroatoms. The average molecular weight is 374 g/mol. The van der Waals surface area contributed by atoms with Gasteiger partial charge in [0, 0.05) is 13.1 Å². The quantitative estimate of drug-likeness (QED) is 0.877. The van der Waals surface area contributed by atoms with E-state index in [4.69, 9.17) is 5.11 Å². The van der Waals surface area contributed by atoms with Crippen LogP contribution in [0.4, 0.5) is 13.2 Å². The topological polar surface area (TPSA) is 74.7 Å². The van der Waals surface area contributed by atoms with Gasteiger partial charge in [-0.1, -0.05) is 30.3 Å². The predicted molar refractivity (Wildman–Crippen MR) is 78.6 cm³/mol. The molecule has 2 rings (SSSR count). The van der Waals surface area contributed by atoms with Crippen LogP contribution in [0.3, 0.4) is 0 Å². The van der Waals surface area contributed by atoms with Crippen molar-refractivity contribution in [3.63, 3.8) is 0 Å². The molecule has 1 N–H and O–H groups in total. The maximum atomic E-state index is 12.9. The number of carbonyl (C=O) groups is 1. The van der Waals surface area contributed by atoms with Gasteiger partial charge in [0.1, 0.15) is 0 Å². The van der Waals surface area contributed by atoms with Crippen molar-refractivity contribution < 1.29 is 31.5 Å². The van der Waals surface area contributed by atoms with Gasteiger partial charge in [-0.2, -0.15) is 13.2 Å². The molecule has 0 radical (unpaired) electrons. The van der Waals surface area contributed by atoms with Crippen LogP contribution in [0, 0.1) is 11.8 Å². The molecule has 2 atom stereocenters. The zero-order valence-corrected chi connectivity index (χ0v) is 13.4. The fraction of sp³-hybridized carbons (Fsp3) is 0.462. The van der Waals surface area contributed by atoms with Crippen molar-refractivity contribution in [3.05, 3.63) is 35.9 Å². The summed E-state index contributed by atoms with van der Waals surface area (Å²) in [4.78, 5) is 11.0. The monoisotopic (exact) mass is 373 g/mol. The number of nitrogens with zero attached hydrogens (tertiary/aromatic N) is 1. The summed E-state index contributed by atoms with van der Waals surface area (Å²) < 4.78 is 63.7. The second-order valence-electron chi connectivity index (χ2n) is 5.15. The molecule has 1 aliphatic heterocycles. The molecule has 23 heavy (non-hydrogen) atoms.